The highest BCUT2D eigenvalue weighted by Crippen LogP contribution is 2.31. The summed E-state index contributed by atoms with van der Waals surface area (Å²) in [6.45, 7) is 4.87. The Morgan fingerprint density at radius 1 is 1.21 bits per heavy atom. The number of aliphatic hydroxyl groups is 1. The quantitative estimate of drug-likeness (QED) is 0.724. The zero-order valence-electron chi connectivity index (χ0n) is 16.9. The molecule has 2 fully saturated rings. The monoisotopic (exact) mass is 427 g/mol. The lowest BCUT2D eigenvalue weighted by atomic mass is 9.90. The predicted octanol–water partition coefficient (Wildman–Crippen LogP) is 1.75. The Balaban J connectivity index is 1.50. The van der Waals surface area contributed by atoms with Gasteiger partial charge in [0.2, 0.25) is 10.0 Å². The van der Waals surface area contributed by atoms with Gasteiger partial charge in [-0.25, -0.2) is 21.9 Å². The van der Waals surface area contributed by atoms with Crippen molar-refractivity contribution >= 4 is 16.1 Å². The van der Waals surface area contributed by atoms with Crippen molar-refractivity contribution in [3.63, 3.8) is 0 Å². The Bertz CT molecular complexity index is 802. The molecular formula is C20H30FN3O4S. The molecule has 2 saturated heterocycles. The van der Waals surface area contributed by atoms with E-state index in [-0.39, 0.29) is 49.4 Å². The second kappa shape index (κ2) is 8.97. The van der Waals surface area contributed by atoms with Crippen LogP contribution < -0.4 is 5.32 Å². The number of carbonyl (C=O) groups excluding carboxylic acids is 1. The Morgan fingerprint density at radius 2 is 1.79 bits per heavy atom. The molecule has 0 aliphatic carbocycles. The Kier molecular flexibility index (Phi) is 6.80. The number of benzene rings is 1. The van der Waals surface area contributed by atoms with E-state index in [1.54, 1.807) is 12.1 Å². The van der Waals surface area contributed by atoms with Crippen molar-refractivity contribution in [2.45, 2.75) is 43.9 Å². The van der Waals surface area contributed by atoms with Crippen molar-refractivity contribution < 1.29 is 22.7 Å². The van der Waals surface area contributed by atoms with E-state index in [9.17, 15) is 22.7 Å². The highest BCUT2D eigenvalue weighted by molar-refractivity contribution is 7.89. The summed E-state index contributed by atoms with van der Waals surface area (Å²) in [5.74, 6) is 0.0513. The average Bonchev–Trinajstić information content (AvgIpc) is 2.65. The van der Waals surface area contributed by atoms with E-state index in [0.29, 0.717) is 25.9 Å². The van der Waals surface area contributed by atoms with Gasteiger partial charge in [0.15, 0.2) is 0 Å². The number of urea groups is 1. The number of rotatable bonds is 6. The summed E-state index contributed by atoms with van der Waals surface area (Å²) in [5.41, 5.74) is 1.04. The third kappa shape index (κ3) is 4.90. The van der Waals surface area contributed by atoms with E-state index in [1.807, 2.05) is 13.8 Å². The van der Waals surface area contributed by atoms with Crippen molar-refractivity contribution in [3.8, 4) is 0 Å². The minimum Gasteiger partial charge on any atom is -0.394 e. The molecule has 1 atom stereocenters. The number of aliphatic hydroxyl groups excluding tert-OH is 1. The zero-order chi connectivity index (χ0) is 21.2. The molecule has 2 aliphatic heterocycles. The fourth-order valence-electron chi connectivity index (χ4n) is 3.85. The zero-order valence-corrected chi connectivity index (χ0v) is 17.7. The van der Waals surface area contributed by atoms with Crippen molar-refractivity contribution in [1.82, 2.24) is 14.5 Å². The molecule has 0 radical (unpaired) electrons. The first-order chi connectivity index (χ1) is 13.7. The predicted molar refractivity (Wildman–Crippen MR) is 108 cm³/mol. The molecule has 162 valence electrons. The number of halogens is 1. The lowest BCUT2D eigenvalue weighted by molar-refractivity contribution is 0.148. The number of likely N-dealkylation sites (tertiary alicyclic amines) is 1. The molecule has 2 aliphatic rings. The van der Waals surface area contributed by atoms with E-state index in [0.717, 1.165) is 5.56 Å². The molecule has 9 heteroatoms. The third-order valence-electron chi connectivity index (χ3n) is 6.02. The maximum absolute atomic E-state index is 13.1. The highest BCUT2D eigenvalue weighted by Gasteiger charge is 2.44. The molecule has 1 aromatic carbocycles. The maximum atomic E-state index is 13.1. The molecule has 0 aromatic heterocycles. The Labute approximate surface area is 171 Å². The van der Waals surface area contributed by atoms with E-state index in [4.69, 9.17) is 0 Å². The van der Waals surface area contributed by atoms with Crippen LogP contribution in [0.5, 0.6) is 0 Å². The molecule has 2 amide bonds. The summed E-state index contributed by atoms with van der Waals surface area (Å²) >= 11 is 0. The lowest BCUT2D eigenvalue weighted by Crippen LogP contribution is -2.63. The summed E-state index contributed by atoms with van der Waals surface area (Å²) in [4.78, 5) is 13.7. The second-order valence-corrected chi connectivity index (χ2v) is 10.5. The standard InChI is InChI=1S/C20H30FN3O4S/c1-14(2)19(13-25)22-20(26)23-11-18(12-23)29(27,28)24-9-7-16(8-10-24)15-3-5-17(21)6-4-15/h3-6,14,16,18-19,25H,7-13H2,1-2H3,(H,22,26). The molecule has 0 spiro atoms. The van der Waals surface area contributed by atoms with Crippen LogP contribution in [0.1, 0.15) is 38.2 Å². The molecule has 0 saturated carbocycles. The van der Waals surface area contributed by atoms with Crippen LogP contribution in [0.2, 0.25) is 0 Å². The Hall–Kier alpha value is -1.71. The van der Waals surface area contributed by atoms with Crippen molar-refractivity contribution in [1.29, 1.82) is 0 Å². The molecule has 2 N–H and O–H groups in total. The van der Waals surface area contributed by atoms with E-state index in [1.165, 1.54) is 21.3 Å². The summed E-state index contributed by atoms with van der Waals surface area (Å²) in [6, 6.07) is 5.73. The number of sulfonamides is 1. The average molecular weight is 428 g/mol. The second-order valence-electron chi connectivity index (χ2n) is 8.28. The lowest BCUT2D eigenvalue weighted by Gasteiger charge is -2.42. The maximum Gasteiger partial charge on any atom is 0.317 e. The molecule has 7 nitrogen and oxygen atoms in total. The van der Waals surface area contributed by atoms with E-state index in [2.05, 4.69) is 5.32 Å². The van der Waals surface area contributed by atoms with Crippen LogP contribution in [0, 0.1) is 11.7 Å². The number of nitrogens with one attached hydrogen (secondary N) is 1. The molecule has 1 aromatic rings. The van der Waals surface area contributed by atoms with E-state index >= 15 is 0 Å². The van der Waals surface area contributed by atoms with Gasteiger partial charge in [-0.3, -0.25) is 0 Å². The molecular weight excluding hydrogens is 397 g/mol. The molecule has 3 rings (SSSR count). The van der Waals surface area contributed by atoms with Gasteiger partial charge in [-0.2, -0.15) is 0 Å². The van der Waals surface area contributed by atoms with Gasteiger partial charge in [0, 0.05) is 26.2 Å². The largest absolute Gasteiger partial charge is 0.394 e. The summed E-state index contributed by atoms with van der Waals surface area (Å²) in [5, 5.41) is 11.5. The van der Waals surface area contributed by atoms with Crippen LogP contribution in [0.3, 0.4) is 0 Å². The van der Waals surface area contributed by atoms with E-state index < -0.39 is 15.3 Å². The third-order valence-corrected chi connectivity index (χ3v) is 8.25. The van der Waals surface area contributed by atoms with Gasteiger partial charge in [0.05, 0.1) is 12.6 Å². The summed E-state index contributed by atoms with van der Waals surface area (Å²) in [6.07, 6.45) is 1.41. The number of amides is 2. The number of hydrogen-bond donors (Lipinski definition) is 2. The van der Waals surface area contributed by atoms with Crippen LogP contribution in [-0.2, 0) is 10.0 Å². The first kappa shape index (κ1) is 22.0. The fraction of sp³-hybridized carbons (Fsp3) is 0.650. The minimum absolute atomic E-state index is 0.0900. The molecule has 0 bridgehead atoms. The van der Waals surface area contributed by atoms with Crippen molar-refractivity contribution in [2.24, 2.45) is 5.92 Å². The Morgan fingerprint density at radius 3 is 2.31 bits per heavy atom. The van der Waals surface area contributed by atoms with Crippen LogP contribution in [0.4, 0.5) is 9.18 Å². The van der Waals surface area contributed by atoms with Crippen LogP contribution in [0.15, 0.2) is 24.3 Å². The number of nitrogens with zero attached hydrogens (tertiary/aromatic N) is 2. The summed E-state index contributed by atoms with van der Waals surface area (Å²) < 4.78 is 40.4. The van der Waals surface area contributed by atoms with Gasteiger partial charge in [0.25, 0.3) is 0 Å². The van der Waals surface area contributed by atoms with Crippen molar-refractivity contribution in [2.75, 3.05) is 32.8 Å². The molecule has 1 unspecified atom stereocenters. The number of carbonyl (C=O) groups is 1. The number of hydrogen-bond acceptors (Lipinski definition) is 4. The smallest absolute Gasteiger partial charge is 0.317 e. The van der Waals surface area contributed by atoms with Gasteiger partial charge in [-0.1, -0.05) is 26.0 Å². The summed E-state index contributed by atoms with van der Waals surface area (Å²) in [7, 11) is -3.45. The van der Waals surface area contributed by atoms with Gasteiger partial charge in [-0.15, -0.1) is 0 Å². The van der Waals surface area contributed by atoms with Crippen LogP contribution in [-0.4, -0.2) is 72.8 Å². The SMILES string of the molecule is CC(C)C(CO)NC(=O)N1CC(S(=O)(=O)N2CCC(c3ccc(F)cc3)CC2)C1. The van der Waals surface area contributed by atoms with Crippen LogP contribution >= 0.6 is 0 Å². The first-order valence-corrected chi connectivity index (χ1v) is 11.6. The fourth-order valence-corrected chi connectivity index (χ4v) is 5.73. The highest BCUT2D eigenvalue weighted by atomic mass is 32.2. The molecule has 29 heavy (non-hydrogen) atoms. The topological polar surface area (TPSA) is 90.0 Å². The van der Waals surface area contributed by atoms with Gasteiger partial charge in [-0.05, 0) is 42.4 Å². The van der Waals surface area contributed by atoms with Crippen LogP contribution in [0.25, 0.3) is 0 Å². The normalized spacial score (nSPS) is 20.5. The first-order valence-electron chi connectivity index (χ1n) is 10.1. The van der Waals surface area contributed by atoms with Gasteiger partial charge >= 0.3 is 6.03 Å². The minimum atomic E-state index is -3.45. The van der Waals surface area contributed by atoms with Gasteiger partial charge in [0.1, 0.15) is 11.1 Å². The molecule has 2 heterocycles. The van der Waals surface area contributed by atoms with Crippen molar-refractivity contribution in [3.05, 3.63) is 35.6 Å². The number of piperidine rings is 1. The van der Waals surface area contributed by atoms with Gasteiger partial charge < -0.3 is 15.3 Å².